The molecule has 1 atom stereocenters. The summed E-state index contributed by atoms with van der Waals surface area (Å²) in [7, 11) is 0. The maximum atomic E-state index is 11.6. The lowest BCUT2D eigenvalue weighted by molar-refractivity contribution is -0.142. The molecule has 0 saturated carbocycles. The number of cyclic esters (lactones) is 1. The van der Waals surface area contributed by atoms with E-state index in [2.05, 4.69) is 0 Å². The van der Waals surface area contributed by atoms with Crippen molar-refractivity contribution in [3.8, 4) is 5.75 Å². The molecule has 0 aliphatic carbocycles. The Morgan fingerprint density at radius 1 is 1.39 bits per heavy atom. The lowest BCUT2D eigenvalue weighted by Crippen LogP contribution is -2.13. The Hall–Kier alpha value is -1.81. The summed E-state index contributed by atoms with van der Waals surface area (Å²) >= 11 is 5.99. The van der Waals surface area contributed by atoms with E-state index in [4.69, 9.17) is 21.1 Å². The first-order chi connectivity index (χ1) is 8.58. The molecule has 94 valence electrons. The largest absolute Gasteiger partial charge is 0.450 e. The highest BCUT2D eigenvalue weighted by molar-refractivity contribution is 6.33. The van der Waals surface area contributed by atoms with Crippen LogP contribution >= 0.6 is 11.6 Å². The zero-order valence-corrected chi connectivity index (χ0v) is 10.4. The van der Waals surface area contributed by atoms with E-state index < -0.39 is 12.1 Å². The number of carbonyl (C=O) groups excluding carboxylic acids is 2. The molecular formula is C13H11ClO4. The molecule has 0 fully saturated rings. The van der Waals surface area contributed by atoms with Gasteiger partial charge in [-0.3, -0.25) is 4.79 Å². The molecule has 0 saturated heterocycles. The van der Waals surface area contributed by atoms with Crippen LogP contribution in [0, 0.1) is 0 Å². The van der Waals surface area contributed by atoms with Crippen LogP contribution < -0.4 is 4.74 Å². The summed E-state index contributed by atoms with van der Waals surface area (Å²) in [5.74, 6) is -0.304. The van der Waals surface area contributed by atoms with Gasteiger partial charge in [-0.15, -0.1) is 0 Å². The van der Waals surface area contributed by atoms with E-state index in [0.29, 0.717) is 5.75 Å². The van der Waals surface area contributed by atoms with Crippen molar-refractivity contribution >= 4 is 23.4 Å². The number of ether oxygens (including phenoxy) is 2. The maximum absolute atomic E-state index is 11.6. The van der Waals surface area contributed by atoms with Gasteiger partial charge in [0.05, 0.1) is 0 Å². The van der Waals surface area contributed by atoms with Crippen molar-refractivity contribution in [1.82, 2.24) is 0 Å². The molecular weight excluding hydrogens is 256 g/mol. The van der Waals surface area contributed by atoms with Crippen molar-refractivity contribution in [2.45, 2.75) is 19.4 Å². The number of ketones is 1. The molecule has 1 aromatic rings. The first kappa shape index (κ1) is 12.6. The molecule has 0 N–H and O–H groups in total. The summed E-state index contributed by atoms with van der Waals surface area (Å²) in [6.07, 6.45) is -0.665. The van der Waals surface area contributed by atoms with Gasteiger partial charge in [-0.1, -0.05) is 29.8 Å². The van der Waals surface area contributed by atoms with E-state index in [1.54, 1.807) is 24.3 Å². The Kier molecular flexibility index (Phi) is 3.67. The first-order valence-electron chi connectivity index (χ1n) is 5.41. The number of carbonyl (C=O) groups is 2. The monoisotopic (exact) mass is 266 g/mol. The van der Waals surface area contributed by atoms with Gasteiger partial charge in [-0.05, 0) is 19.1 Å². The number of rotatable bonds is 4. The first-order valence-corrected chi connectivity index (χ1v) is 5.78. The van der Waals surface area contributed by atoms with Gasteiger partial charge in [0.25, 0.3) is 0 Å². The molecule has 1 heterocycles. The zero-order valence-electron chi connectivity index (χ0n) is 9.68. The SMILES string of the molecule is CC(=O)CC1OC(=O)C(Oc2ccccc2)=C1Cl. The molecule has 18 heavy (non-hydrogen) atoms. The number of hydrogen-bond acceptors (Lipinski definition) is 4. The Balaban J connectivity index is 2.18. The van der Waals surface area contributed by atoms with Crippen LogP contribution in [0.5, 0.6) is 5.75 Å². The summed E-state index contributed by atoms with van der Waals surface area (Å²) in [5.41, 5.74) is 0. The van der Waals surface area contributed by atoms with E-state index in [-0.39, 0.29) is 23.0 Å². The van der Waals surface area contributed by atoms with Crippen LogP contribution in [0.3, 0.4) is 0 Å². The van der Waals surface area contributed by atoms with Crippen molar-refractivity contribution in [3.05, 3.63) is 41.1 Å². The minimum atomic E-state index is -0.727. The summed E-state index contributed by atoms with van der Waals surface area (Å²) < 4.78 is 10.4. The van der Waals surface area contributed by atoms with E-state index in [9.17, 15) is 9.59 Å². The number of esters is 1. The molecule has 4 nitrogen and oxygen atoms in total. The molecule has 0 aromatic heterocycles. The summed E-state index contributed by atoms with van der Waals surface area (Å²) in [5, 5.41) is 0.138. The van der Waals surface area contributed by atoms with Gasteiger partial charge in [-0.2, -0.15) is 0 Å². The van der Waals surface area contributed by atoms with Gasteiger partial charge in [0.15, 0.2) is 0 Å². The van der Waals surface area contributed by atoms with Crippen LogP contribution in [-0.4, -0.2) is 17.9 Å². The molecule has 0 bridgehead atoms. The van der Waals surface area contributed by atoms with Crippen molar-refractivity contribution in [1.29, 1.82) is 0 Å². The molecule has 1 aliphatic rings. The Morgan fingerprint density at radius 2 is 2.06 bits per heavy atom. The average molecular weight is 267 g/mol. The fourth-order valence-electron chi connectivity index (χ4n) is 1.57. The second kappa shape index (κ2) is 5.23. The average Bonchev–Trinajstić information content (AvgIpc) is 2.58. The van der Waals surface area contributed by atoms with Crippen molar-refractivity contribution in [2.24, 2.45) is 0 Å². The quantitative estimate of drug-likeness (QED) is 0.786. The highest BCUT2D eigenvalue weighted by atomic mass is 35.5. The predicted molar refractivity (Wildman–Crippen MR) is 65.1 cm³/mol. The van der Waals surface area contributed by atoms with Crippen LogP contribution in [0.25, 0.3) is 0 Å². The second-order valence-electron chi connectivity index (χ2n) is 3.89. The van der Waals surface area contributed by atoms with Crippen molar-refractivity contribution in [2.75, 3.05) is 0 Å². The normalized spacial score (nSPS) is 18.8. The lowest BCUT2D eigenvalue weighted by Gasteiger charge is -2.05. The predicted octanol–water partition coefficient (Wildman–Crippen LogP) is 2.42. The van der Waals surface area contributed by atoms with Gasteiger partial charge in [0.1, 0.15) is 22.7 Å². The molecule has 0 radical (unpaired) electrons. The van der Waals surface area contributed by atoms with E-state index in [0.717, 1.165) is 0 Å². The summed E-state index contributed by atoms with van der Waals surface area (Å²) in [4.78, 5) is 22.6. The van der Waals surface area contributed by atoms with Gasteiger partial charge in [0, 0.05) is 6.42 Å². The maximum Gasteiger partial charge on any atom is 0.376 e. The minimum Gasteiger partial charge on any atom is -0.450 e. The number of para-hydroxylation sites is 1. The van der Waals surface area contributed by atoms with Gasteiger partial charge >= 0.3 is 5.97 Å². The highest BCUT2D eigenvalue weighted by Crippen LogP contribution is 2.30. The van der Waals surface area contributed by atoms with E-state index >= 15 is 0 Å². The van der Waals surface area contributed by atoms with Gasteiger partial charge in [-0.25, -0.2) is 4.79 Å². The molecule has 0 spiro atoms. The van der Waals surface area contributed by atoms with Crippen molar-refractivity contribution < 1.29 is 19.1 Å². The Bertz CT molecular complexity index is 507. The Morgan fingerprint density at radius 3 is 2.67 bits per heavy atom. The van der Waals surface area contributed by atoms with Gasteiger partial charge < -0.3 is 9.47 Å². The second-order valence-corrected chi connectivity index (χ2v) is 4.30. The summed E-state index contributed by atoms with van der Waals surface area (Å²) in [6.45, 7) is 1.41. The van der Waals surface area contributed by atoms with E-state index in [1.807, 2.05) is 6.07 Å². The number of hydrogen-bond donors (Lipinski definition) is 0. The van der Waals surface area contributed by atoms with Crippen LogP contribution in [0.1, 0.15) is 13.3 Å². The molecule has 1 aromatic carbocycles. The fraction of sp³-hybridized carbons (Fsp3) is 0.231. The topological polar surface area (TPSA) is 52.6 Å². The third-order valence-electron chi connectivity index (χ3n) is 2.37. The van der Waals surface area contributed by atoms with Crippen LogP contribution in [0.15, 0.2) is 41.1 Å². The van der Waals surface area contributed by atoms with Crippen LogP contribution in [0.2, 0.25) is 0 Å². The molecule has 0 amide bonds. The summed E-state index contributed by atoms with van der Waals surface area (Å²) in [6, 6.07) is 8.77. The standard InChI is InChI=1S/C13H11ClO4/c1-8(15)7-10-11(14)12(13(16)18-10)17-9-5-3-2-4-6-9/h2-6,10H,7H2,1H3. The molecule has 5 heteroatoms. The van der Waals surface area contributed by atoms with Gasteiger partial charge in [0.2, 0.25) is 5.76 Å². The zero-order chi connectivity index (χ0) is 13.1. The van der Waals surface area contributed by atoms with Crippen LogP contribution in [0.4, 0.5) is 0 Å². The molecule has 1 aliphatic heterocycles. The molecule has 1 unspecified atom stereocenters. The minimum absolute atomic E-state index is 0.0471. The van der Waals surface area contributed by atoms with Crippen LogP contribution in [-0.2, 0) is 14.3 Å². The van der Waals surface area contributed by atoms with E-state index in [1.165, 1.54) is 6.92 Å². The third kappa shape index (κ3) is 2.71. The Labute approximate surface area is 109 Å². The number of benzene rings is 1. The highest BCUT2D eigenvalue weighted by Gasteiger charge is 2.35. The lowest BCUT2D eigenvalue weighted by atomic mass is 10.2. The smallest absolute Gasteiger partial charge is 0.376 e. The molecule has 2 rings (SSSR count). The number of halogens is 1. The number of Topliss-reactive ketones (excluding diaryl/α,β-unsaturated/α-hetero) is 1. The fourth-order valence-corrected chi connectivity index (χ4v) is 1.80. The van der Waals surface area contributed by atoms with Crippen molar-refractivity contribution in [3.63, 3.8) is 0 Å². The third-order valence-corrected chi connectivity index (χ3v) is 2.79.